The summed E-state index contributed by atoms with van der Waals surface area (Å²) in [6, 6.07) is 8.87. The summed E-state index contributed by atoms with van der Waals surface area (Å²) in [6.45, 7) is 1.79. The number of hydrogen-bond donors (Lipinski definition) is 2. The van der Waals surface area contributed by atoms with Crippen molar-refractivity contribution in [2.45, 2.75) is 6.92 Å². The molecule has 0 aliphatic carbocycles. The van der Waals surface area contributed by atoms with E-state index in [1.807, 2.05) is 6.07 Å². The minimum absolute atomic E-state index is 0.396. The molecule has 0 bridgehead atoms. The van der Waals surface area contributed by atoms with Crippen LogP contribution in [0.2, 0.25) is 0 Å². The zero-order valence-corrected chi connectivity index (χ0v) is 9.71. The van der Waals surface area contributed by atoms with E-state index in [2.05, 4.69) is 15.4 Å². The van der Waals surface area contributed by atoms with E-state index in [1.54, 1.807) is 31.2 Å². The Balaban J connectivity index is 2.31. The van der Waals surface area contributed by atoms with Crippen molar-refractivity contribution in [1.82, 2.24) is 9.97 Å². The molecule has 0 spiro atoms. The molecule has 90 valence electrons. The summed E-state index contributed by atoms with van der Waals surface area (Å²) in [5.74, 6) is 6.75. The number of ether oxygens (including phenoxy) is 1. The molecule has 6 heteroatoms. The Morgan fingerprint density at radius 1 is 1.39 bits per heavy atom. The lowest BCUT2D eigenvalue weighted by molar-refractivity contribution is 0.457. The Labute approximate surface area is 104 Å². The van der Waals surface area contributed by atoms with Crippen molar-refractivity contribution in [2.24, 2.45) is 5.84 Å². The van der Waals surface area contributed by atoms with E-state index < -0.39 is 0 Å². The molecule has 0 aliphatic heterocycles. The summed E-state index contributed by atoms with van der Waals surface area (Å²) >= 11 is 0. The third-order valence-corrected chi connectivity index (χ3v) is 2.35. The van der Waals surface area contributed by atoms with Crippen LogP contribution in [0.1, 0.15) is 11.1 Å². The summed E-state index contributed by atoms with van der Waals surface area (Å²) in [5.41, 5.74) is 3.68. The highest BCUT2D eigenvalue weighted by Crippen LogP contribution is 2.25. The molecule has 0 fully saturated rings. The number of benzene rings is 1. The Morgan fingerprint density at radius 2 is 2.22 bits per heavy atom. The molecule has 2 aromatic rings. The molecule has 0 radical (unpaired) electrons. The van der Waals surface area contributed by atoms with Crippen LogP contribution in [-0.2, 0) is 0 Å². The van der Waals surface area contributed by atoms with Crippen molar-refractivity contribution >= 4 is 5.82 Å². The van der Waals surface area contributed by atoms with Gasteiger partial charge in [-0.3, -0.25) is 0 Å². The number of hydrazine groups is 1. The van der Waals surface area contributed by atoms with E-state index in [9.17, 15) is 0 Å². The molecule has 3 N–H and O–H groups in total. The lowest BCUT2D eigenvalue weighted by Gasteiger charge is -2.09. The summed E-state index contributed by atoms with van der Waals surface area (Å²) < 4.78 is 5.60. The van der Waals surface area contributed by atoms with Crippen LogP contribution in [0, 0.1) is 18.3 Å². The van der Waals surface area contributed by atoms with Gasteiger partial charge >= 0.3 is 0 Å². The maximum atomic E-state index is 8.81. The normalized spacial score (nSPS) is 9.61. The van der Waals surface area contributed by atoms with Crippen LogP contribution in [0.4, 0.5) is 5.82 Å². The highest BCUT2D eigenvalue weighted by Gasteiger charge is 2.08. The quantitative estimate of drug-likeness (QED) is 0.627. The second kappa shape index (κ2) is 5.12. The van der Waals surface area contributed by atoms with E-state index in [-0.39, 0.29) is 0 Å². The van der Waals surface area contributed by atoms with Gasteiger partial charge in [0, 0.05) is 0 Å². The summed E-state index contributed by atoms with van der Waals surface area (Å²) in [5, 5.41) is 8.81. The fourth-order valence-electron chi connectivity index (χ4n) is 1.42. The lowest BCUT2D eigenvalue weighted by Crippen LogP contribution is -2.11. The molecule has 6 nitrogen and oxygen atoms in total. The van der Waals surface area contributed by atoms with E-state index in [0.717, 1.165) is 0 Å². The molecule has 1 aromatic carbocycles. The third kappa shape index (κ3) is 2.36. The second-order valence-electron chi connectivity index (χ2n) is 3.54. The largest absolute Gasteiger partial charge is 0.439 e. The Bertz CT molecular complexity index is 606. The molecule has 0 atom stereocenters. The van der Waals surface area contributed by atoms with Crippen molar-refractivity contribution in [3.63, 3.8) is 0 Å². The molecule has 0 aliphatic rings. The molecule has 0 unspecified atom stereocenters. The van der Waals surface area contributed by atoms with Crippen LogP contribution in [-0.4, -0.2) is 9.97 Å². The SMILES string of the molecule is Cc1c(NN)ncnc1Oc1cccc(C#N)c1. The number of nitriles is 1. The fourth-order valence-corrected chi connectivity index (χ4v) is 1.42. The van der Waals surface area contributed by atoms with Crippen molar-refractivity contribution < 1.29 is 4.74 Å². The van der Waals surface area contributed by atoms with E-state index in [0.29, 0.717) is 28.6 Å². The first-order valence-corrected chi connectivity index (χ1v) is 5.21. The number of nitrogens with two attached hydrogens (primary N) is 1. The zero-order valence-electron chi connectivity index (χ0n) is 9.71. The van der Waals surface area contributed by atoms with Gasteiger partial charge in [-0.2, -0.15) is 5.26 Å². The third-order valence-electron chi connectivity index (χ3n) is 2.35. The van der Waals surface area contributed by atoms with Crippen LogP contribution in [0.3, 0.4) is 0 Å². The summed E-state index contributed by atoms with van der Waals surface area (Å²) in [7, 11) is 0. The molecule has 18 heavy (non-hydrogen) atoms. The number of nitrogen functional groups attached to an aromatic ring is 1. The number of nitrogens with zero attached hydrogens (tertiary/aromatic N) is 3. The maximum Gasteiger partial charge on any atom is 0.227 e. The highest BCUT2D eigenvalue weighted by atomic mass is 16.5. The second-order valence-corrected chi connectivity index (χ2v) is 3.54. The smallest absolute Gasteiger partial charge is 0.227 e. The van der Waals surface area contributed by atoms with Crippen LogP contribution >= 0.6 is 0 Å². The topological polar surface area (TPSA) is 96.8 Å². The first-order valence-electron chi connectivity index (χ1n) is 5.21. The van der Waals surface area contributed by atoms with E-state index in [4.69, 9.17) is 15.8 Å². The Hall–Kier alpha value is -2.65. The fraction of sp³-hybridized carbons (Fsp3) is 0.0833. The predicted molar refractivity (Wildman–Crippen MR) is 65.8 cm³/mol. The van der Waals surface area contributed by atoms with Crippen LogP contribution in [0.25, 0.3) is 0 Å². The number of aromatic nitrogens is 2. The average molecular weight is 241 g/mol. The van der Waals surface area contributed by atoms with Gasteiger partial charge in [0.2, 0.25) is 5.88 Å². The van der Waals surface area contributed by atoms with Crippen molar-refractivity contribution in [2.75, 3.05) is 5.43 Å². The van der Waals surface area contributed by atoms with E-state index >= 15 is 0 Å². The van der Waals surface area contributed by atoms with Crippen molar-refractivity contribution in [3.05, 3.63) is 41.7 Å². The van der Waals surface area contributed by atoms with Crippen molar-refractivity contribution in [1.29, 1.82) is 5.26 Å². The molecule has 0 saturated heterocycles. The van der Waals surface area contributed by atoms with Crippen molar-refractivity contribution in [3.8, 4) is 17.7 Å². The Morgan fingerprint density at radius 3 is 2.94 bits per heavy atom. The molecular weight excluding hydrogens is 230 g/mol. The Kier molecular flexibility index (Phi) is 3.36. The average Bonchev–Trinajstić information content (AvgIpc) is 2.41. The zero-order chi connectivity index (χ0) is 13.0. The number of nitrogens with one attached hydrogen (secondary N) is 1. The number of rotatable bonds is 3. The first-order chi connectivity index (χ1) is 8.74. The van der Waals surface area contributed by atoms with Crippen LogP contribution < -0.4 is 16.0 Å². The van der Waals surface area contributed by atoms with Gasteiger partial charge in [-0.1, -0.05) is 6.07 Å². The molecule has 0 saturated carbocycles. The predicted octanol–water partition coefficient (Wildman–Crippen LogP) is 1.73. The van der Waals surface area contributed by atoms with Gasteiger partial charge in [-0.05, 0) is 25.1 Å². The number of anilines is 1. The van der Waals surface area contributed by atoms with Gasteiger partial charge in [0.1, 0.15) is 17.9 Å². The van der Waals surface area contributed by atoms with Gasteiger partial charge in [0.25, 0.3) is 0 Å². The lowest BCUT2D eigenvalue weighted by atomic mass is 10.2. The van der Waals surface area contributed by atoms with Gasteiger partial charge in [0.15, 0.2) is 0 Å². The monoisotopic (exact) mass is 241 g/mol. The maximum absolute atomic E-state index is 8.81. The van der Waals surface area contributed by atoms with Crippen LogP contribution in [0.5, 0.6) is 11.6 Å². The summed E-state index contributed by atoms with van der Waals surface area (Å²) in [6.07, 6.45) is 1.35. The summed E-state index contributed by atoms with van der Waals surface area (Å²) in [4.78, 5) is 7.98. The highest BCUT2D eigenvalue weighted by molar-refractivity contribution is 5.48. The number of hydrogen-bond acceptors (Lipinski definition) is 6. The minimum Gasteiger partial charge on any atom is -0.439 e. The standard InChI is InChI=1S/C12H11N5O/c1-8-11(17-14)15-7-16-12(8)18-10-4-2-3-9(5-10)6-13/h2-5,7H,14H2,1H3,(H,15,16,17). The molecule has 0 amide bonds. The molecule has 2 rings (SSSR count). The molecule has 1 heterocycles. The van der Waals surface area contributed by atoms with Gasteiger partial charge in [-0.25, -0.2) is 15.8 Å². The molecule has 1 aromatic heterocycles. The van der Waals surface area contributed by atoms with Gasteiger partial charge < -0.3 is 10.2 Å². The van der Waals surface area contributed by atoms with Gasteiger partial charge in [0.05, 0.1) is 17.2 Å². The van der Waals surface area contributed by atoms with E-state index in [1.165, 1.54) is 6.33 Å². The van der Waals surface area contributed by atoms with Crippen LogP contribution in [0.15, 0.2) is 30.6 Å². The first kappa shape index (κ1) is 11.8. The molecular formula is C12H11N5O. The minimum atomic E-state index is 0.396. The van der Waals surface area contributed by atoms with Gasteiger partial charge in [-0.15, -0.1) is 0 Å².